The zero-order valence-corrected chi connectivity index (χ0v) is 22.5. The van der Waals surface area contributed by atoms with Crippen LogP contribution in [0.15, 0.2) is 53.7 Å². The summed E-state index contributed by atoms with van der Waals surface area (Å²) in [5.74, 6) is 1.47. The van der Waals surface area contributed by atoms with Gasteiger partial charge in [-0.2, -0.15) is 0 Å². The van der Waals surface area contributed by atoms with Crippen molar-refractivity contribution in [1.82, 2.24) is 20.1 Å². The summed E-state index contributed by atoms with van der Waals surface area (Å²) in [5.41, 5.74) is 1.11. The molecule has 10 heteroatoms. The lowest BCUT2D eigenvalue weighted by Crippen LogP contribution is -2.31. The van der Waals surface area contributed by atoms with E-state index in [1.54, 1.807) is 36.4 Å². The molecule has 0 saturated carbocycles. The summed E-state index contributed by atoms with van der Waals surface area (Å²) in [6, 6.07) is 13.8. The average Bonchev–Trinajstić information content (AvgIpc) is 3.26. The van der Waals surface area contributed by atoms with Crippen LogP contribution in [-0.2, 0) is 11.3 Å². The highest BCUT2D eigenvalue weighted by atomic mass is 35.5. The zero-order chi connectivity index (χ0) is 26.1. The van der Waals surface area contributed by atoms with Crippen molar-refractivity contribution in [2.75, 3.05) is 17.7 Å². The second-order valence-corrected chi connectivity index (χ2v) is 9.86. The van der Waals surface area contributed by atoms with Gasteiger partial charge >= 0.3 is 0 Å². The number of carbonyl (C=O) groups excluding carboxylic acids is 2. The van der Waals surface area contributed by atoms with E-state index in [-0.39, 0.29) is 23.6 Å². The molecule has 0 saturated heterocycles. The van der Waals surface area contributed by atoms with Crippen LogP contribution in [0.1, 0.15) is 56.3 Å². The molecule has 3 aromatic rings. The summed E-state index contributed by atoms with van der Waals surface area (Å²) in [7, 11) is 0. The molecule has 0 radical (unpaired) electrons. The van der Waals surface area contributed by atoms with Gasteiger partial charge in [0.2, 0.25) is 5.91 Å². The summed E-state index contributed by atoms with van der Waals surface area (Å²) in [5, 5.41) is 15.7. The molecule has 0 aliphatic heterocycles. The Kier molecular flexibility index (Phi) is 10.2. The minimum absolute atomic E-state index is 0.151. The van der Waals surface area contributed by atoms with Crippen LogP contribution in [0, 0.1) is 5.92 Å². The highest BCUT2D eigenvalue weighted by Crippen LogP contribution is 2.26. The second-order valence-electron chi connectivity index (χ2n) is 8.51. The largest absolute Gasteiger partial charge is 0.494 e. The highest BCUT2D eigenvalue weighted by molar-refractivity contribution is 7.99. The Morgan fingerprint density at radius 3 is 2.44 bits per heavy atom. The minimum Gasteiger partial charge on any atom is -0.494 e. The fraction of sp³-hybridized carbons (Fsp3) is 0.385. The van der Waals surface area contributed by atoms with E-state index >= 15 is 0 Å². The first kappa shape index (κ1) is 27.5. The molecule has 0 aliphatic carbocycles. The number of nitrogens with one attached hydrogen (secondary N) is 2. The Bertz CT molecular complexity index is 1170. The number of hydrogen-bond donors (Lipinski definition) is 2. The zero-order valence-electron chi connectivity index (χ0n) is 21.0. The van der Waals surface area contributed by atoms with Gasteiger partial charge in [-0.05, 0) is 62.6 Å². The number of rotatable bonds is 12. The molecule has 36 heavy (non-hydrogen) atoms. The summed E-state index contributed by atoms with van der Waals surface area (Å²) >= 11 is 7.53. The van der Waals surface area contributed by atoms with Crippen LogP contribution in [0.3, 0.4) is 0 Å². The fourth-order valence-electron chi connectivity index (χ4n) is 3.67. The van der Waals surface area contributed by atoms with Gasteiger partial charge in [-0.1, -0.05) is 49.3 Å². The van der Waals surface area contributed by atoms with Crippen LogP contribution < -0.4 is 15.4 Å². The van der Waals surface area contributed by atoms with Crippen molar-refractivity contribution in [2.24, 2.45) is 5.92 Å². The van der Waals surface area contributed by atoms with Crippen LogP contribution in [0.5, 0.6) is 5.75 Å². The molecule has 0 spiro atoms. The van der Waals surface area contributed by atoms with Crippen molar-refractivity contribution in [3.8, 4) is 5.75 Å². The minimum atomic E-state index is -0.353. The molecule has 1 heterocycles. The third-order valence-electron chi connectivity index (χ3n) is 5.29. The first-order valence-electron chi connectivity index (χ1n) is 12.0. The number of ether oxygens (including phenoxy) is 1. The van der Waals surface area contributed by atoms with Crippen molar-refractivity contribution in [3.05, 3.63) is 64.9 Å². The smallest absolute Gasteiger partial charge is 0.253 e. The quantitative estimate of drug-likeness (QED) is 0.296. The summed E-state index contributed by atoms with van der Waals surface area (Å²) in [6.45, 7) is 9.26. The maximum Gasteiger partial charge on any atom is 0.253 e. The first-order chi connectivity index (χ1) is 17.3. The van der Waals surface area contributed by atoms with Gasteiger partial charge in [-0.3, -0.25) is 9.59 Å². The molecule has 0 fully saturated rings. The molecule has 2 amide bonds. The number of carbonyl (C=O) groups is 2. The topological polar surface area (TPSA) is 98.1 Å². The summed E-state index contributed by atoms with van der Waals surface area (Å²) < 4.78 is 7.37. The maximum absolute atomic E-state index is 13.0. The number of amides is 2. The van der Waals surface area contributed by atoms with Crippen molar-refractivity contribution < 1.29 is 14.3 Å². The van der Waals surface area contributed by atoms with E-state index < -0.39 is 0 Å². The van der Waals surface area contributed by atoms with Gasteiger partial charge in [0.05, 0.1) is 29.0 Å². The third-order valence-corrected chi connectivity index (χ3v) is 6.58. The lowest BCUT2D eigenvalue weighted by atomic mass is 10.0. The number of nitrogens with zero attached hydrogens (tertiary/aromatic N) is 3. The average molecular weight is 530 g/mol. The lowest BCUT2D eigenvalue weighted by molar-refractivity contribution is -0.113. The molecule has 3 rings (SSSR count). The molecule has 1 atom stereocenters. The van der Waals surface area contributed by atoms with Crippen LogP contribution in [-0.4, -0.2) is 38.9 Å². The molecule has 2 N–H and O–H groups in total. The van der Waals surface area contributed by atoms with Gasteiger partial charge in [-0.15, -0.1) is 10.2 Å². The van der Waals surface area contributed by atoms with E-state index in [2.05, 4.69) is 34.7 Å². The Morgan fingerprint density at radius 2 is 1.81 bits per heavy atom. The SMILES string of the molecule is CCOc1ccc(NC(=O)CSc2nnc([C@@H](CC(C)C)NC(=O)c3ccccc3Cl)n2CC)cc1. The van der Waals surface area contributed by atoms with E-state index in [4.69, 9.17) is 16.3 Å². The van der Waals surface area contributed by atoms with E-state index in [9.17, 15) is 9.59 Å². The van der Waals surface area contributed by atoms with E-state index in [0.29, 0.717) is 52.7 Å². The maximum atomic E-state index is 13.0. The molecule has 2 aromatic carbocycles. The van der Waals surface area contributed by atoms with Gasteiger partial charge in [0, 0.05) is 12.2 Å². The van der Waals surface area contributed by atoms with Gasteiger partial charge < -0.3 is 19.9 Å². The first-order valence-corrected chi connectivity index (χ1v) is 13.3. The summed E-state index contributed by atoms with van der Waals surface area (Å²) in [4.78, 5) is 25.5. The van der Waals surface area contributed by atoms with Gasteiger partial charge in [-0.25, -0.2) is 0 Å². The van der Waals surface area contributed by atoms with Gasteiger partial charge in [0.15, 0.2) is 11.0 Å². The van der Waals surface area contributed by atoms with Gasteiger partial charge in [0.25, 0.3) is 5.91 Å². The third kappa shape index (κ3) is 7.48. The predicted octanol–water partition coefficient (Wildman–Crippen LogP) is 5.60. The van der Waals surface area contributed by atoms with Crippen LogP contribution >= 0.6 is 23.4 Å². The Balaban J connectivity index is 1.69. The van der Waals surface area contributed by atoms with Crippen LogP contribution in [0.2, 0.25) is 5.02 Å². The van der Waals surface area contributed by atoms with Crippen molar-refractivity contribution in [3.63, 3.8) is 0 Å². The van der Waals surface area contributed by atoms with E-state index in [0.717, 1.165) is 5.75 Å². The van der Waals surface area contributed by atoms with Crippen LogP contribution in [0.25, 0.3) is 0 Å². The number of hydrogen-bond acceptors (Lipinski definition) is 6. The van der Waals surface area contributed by atoms with E-state index in [1.807, 2.05) is 30.5 Å². The van der Waals surface area contributed by atoms with Crippen LogP contribution in [0.4, 0.5) is 5.69 Å². The normalized spacial score (nSPS) is 11.8. The predicted molar refractivity (Wildman–Crippen MR) is 144 cm³/mol. The number of anilines is 1. The second kappa shape index (κ2) is 13.3. The molecule has 8 nitrogen and oxygen atoms in total. The Hall–Kier alpha value is -3.04. The molecule has 0 aliphatic rings. The highest BCUT2D eigenvalue weighted by Gasteiger charge is 2.25. The number of benzene rings is 2. The Labute approximate surface area is 221 Å². The standard InChI is InChI=1S/C26H32ClN5O3S/c1-5-32-24(22(15-17(3)4)29-25(34)20-9-7-8-10-21(20)27)30-31-26(32)36-16-23(33)28-18-11-13-19(14-12-18)35-6-2/h7-14,17,22H,5-6,15-16H2,1-4H3,(H,28,33)(H,29,34)/t22-/m1/s1. The molecular weight excluding hydrogens is 498 g/mol. The lowest BCUT2D eigenvalue weighted by Gasteiger charge is -2.21. The molecule has 192 valence electrons. The Morgan fingerprint density at radius 1 is 1.08 bits per heavy atom. The van der Waals surface area contributed by atoms with Crippen molar-refractivity contribution in [1.29, 1.82) is 0 Å². The number of thioether (sulfide) groups is 1. The van der Waals surface area contributed by atoms with E-state index in [1.165, 1.54) is 11.8 Å². The summed E-state index contributed by atoms with van der Waals surface area (Å²) in [6.07, 6.45) is 0.678. The fourth-order valence-corrected chi connectivity index (χ4v) is 4.70. The number of halogens is 1. The molecular formula is C26H32ClN5O3S. The monoisotopic (exact) mass is 529 g/mol. The molecule has 1 aromatic heterocycles. The molecule has 0 unspecified atom stereocenters. The van der Waals surface area contributed by atoms with Crippen molar-refractivity contribution in [2.45, 2.75) is 51.9 Å². The number of aromatic nitrogens is 3. The molecule has 0 bridgehead atoms. The van der Waals surface area contributed by atoms with Gasteiger partial charge in [0.1, 0.15) is 5.75 Å². The van der Waals surface area contributed by atoms with Crippen molar-refractivity contribution >= 4 is 40.9 Å².